The molecule has 0 unspecified atom stereocenters. The lowest BCUT2D eigenvalue weighted by Gasteiger charge is -2.07. The van der Waals surface area contributed by atoms with E-state index in [1.807, 2.05) is 24.3 Å². The summed E-state index contributed by atoms with van der Waals surface area (Å²) in [4.78, 5) is 23.4. The van der Waals surface area contributed by atoms with Gasteiger partial charge in [0.15, 0.2) is 5.58 Å². The molecule has 2 heterocycles. The maximum atomic E-state index is 12.1. The molecule has 25 heavy (non-hydrogen) atoms. The van der Waals surface area contributed by atoms with Crippen LogP contribution < -0.4 is 9.68 Å². The van der Waals surface area contributed by atoms with Gasteiger partial charge in [0.2, 0.25) is 5.76 Å². The highest BCUT2D eigenvalue weighted by Crippen LogP contribution is 2.35. The van der Waals surface area contributed by atoms with Crippen molar-refractivity contribution in [2.45, 2.75) is 0 Å². The second-order valence-electron chi connectivity index (χ2n) is 5.13. The van der Waals surface area contributed by atoms with Crippen LogP contribution in [0.2, 0.25) is 0 Å². The number of ether oxygens (including phenoxy) is 1. The molecule has 0 aliphatic carbocycles. The third-order valence-corrected chi connectivity index (χ3v) is 4.80. The number of esters is 1. The van der Waals surface area contributed by atoms with E-state index in [1.54, 1.807) is 18.2 Å². The molecule has 124 valence electrons. The molecule has 2 aromatic carbocycles. The molecule has 0 amide bonds. The van der Waals surface area contributed by atoms with E-state index in [2.05, 4.69) is 15.9 Å². The lowest BCUT2D eigenvalue weighted by molar-refractivity contribution is 0.0701. The van der Waals surface area contributed by atoms with Crippen LogP contribution in [0.15, 0.2) is 72.9 Å². The van der Waals surface area contributed by atoms with E-state index in [0.717, 1.165) is 21.4 Å². The Balaban J connectivity index is 1.82. The second-order valence-corrected chi connectivity index (χ2v) is 7.02. The molecule has 0 aliphatic heterocycles. The van der Waals surface area contributed by atoms with Gasteiger partial charge in [-0.1, -0.05) is 39.4 Å². The fraction of sp³-hybridized carbons (Fsp3) is 0. The van der Waals surface area contributed by atoms with Gasteiger partial charge in [-0.25, -0.2) is 9.59 Å². The normalized spacial score (nSPS) is 10.9. The highest BCUT2D eigenvalue weighted by Gasteiger charge is 2.16. The van der Waals surface area contributed by atoms with Crippen LogP contribution in [-0.4, -0.2) is 5.97 Å². The molecule has 0 saturated heterocycles. The average molecular weight is 417 g/mol. The van der Waals surface area contributed by atoms with Crippen LogP contribution in [0.4, 0.5) is 0 Å². The summed E-state index contributed by atoms with van der Waals surface area (Å²) >= 11 is 4.35. The molecule has 0 fully saturated rings. The van der Waals surface area contributed by atoms with Gasteiger partial charge < -0.3 is 13.6 Å². The van der Waals surface area contributed by atoms with Gasteiger partial charge in [0, 0.05) is 16.1 Å². The van der Waals surface area contributed by atoms with Crippen molar-refractivity contribution in [2.24, 2.45) is 0 Å². The number of carbonyl (C=O) groups excluding carboxylic acids is 1. The first-order valence-corrected chi connectivity index (χ1v) is 8.80. The Hall–Kier alpha value is -2.64. The summed E-state index contributed by atoms with van der Waals surface area (Å²) < 4.78 is 17.3. The van der Waals surface area contributed by atoms with Crippen molar-refractivity contribution >= 4 is 43.5 Å². The third kappa shape index (κ3) is 3.16. The van der Waals surface area contributed by atoms with Crippen molar-refractivity contribution in [1.82, 2.24) is 0 Å². The molecule has 0 saturated carbocycles. The van der Waals surface area contributed by atoms with Gasteiger partial charge in [-0.2, -0.15) is 0 Å². The lowest BCUT2D eigenvalue weighted by Crippen LogP contribution is -2.07. The zero-order valence-corrected chi connectivity index (χ0v) is 14.9. The van der Waals surface area contributed by atoms with Crippen LogP contribution in [0.1, 0.15) is 10.6 Å². The van der Waals surface area contributed by atoms with E-state index in [0.29, 0.717) is 21.6 Å². The minimum Gasteiger partial charge on any atom is -0.457 e. The quantitative estimate of drug-likeness (QED) is 0.343. The van der Waals surface area contributed by atoms with Crippen molar-refractivity contribution in [3.63, 3.8) is 0 Å². The Morgan fingerprint density at radius 3 is 2.64 bits per heavy atom. The molecule has 4 rings (SSSR count). The molecule has 5 nitrogen and oxygen atoms in total. The second kappa shape index (κ2) is 6.34. The largest absolute Gasteiger partial charge is 0.457 e. The number of rotatable bonds is 3. The highest BCUT2D eigenvalue weighted by molar-refractivity contribution is 9.10. The van der Waals surface area contributed by atoms with Crippen molar-refractivity contribution in [1.29, 1.82) is 0 Å². The number of benzene rings is 2. The number of halogens is 1. The molecule has 0 radical (unpaired) electrons. The topological polar surface area (TPSA) is 69.7 Å². The van der Waals surface area contributed by atoms with E-state index in [1.165, 1.54) is 12.3 Å². The first-order valence-electron chi connectivity index (χ1n) is 7.19. The number of fused-ring (bicyclic) bond motifs is 1. The van der Waals surface area contributed by atoms with Crippen molar-refractivity contribution in [3.05, 3.63) is 74.8 Å². The standard InChI is InChI=1S/C18H9BrO5S/c19-11-5-3-10(4-6-11)13-8-12(9-15-16(13)24-18(21)25-15)23-17(20)14-2-1-7-22-14/h1-9H. The summed E-state index contributed by atoms with van der Waals surface area (Å²) in [5, 5.41) is 0. The molecule has 2 aromatic heterocycles. The Kier molecular flexibility index (Phi) is 4.03. The summed E-state index contributed by atoms with van der Waals surface area (Å²) in [6.45, 7) is 0. The minimum atomic E-state index is -0.609. The van der Waals surface area contributed by atoms with Gasteiger partial charge in [0.05, 0.1) is 11.0 Å². The van der Waals surface area contributed by atoms with Gasteiger partial charge in [0.1, 0.15) is 5.75 Å². The maximum absolute atomic E-state index is 12.1. The Bertz CT molecular complexity index is 1110. The number of furan rings is 1. The van der Waals surface area contributed by atoms with E-state index < -0.39 is 10.9 Å². The number of carbonyl (C=O) groups is 1. The highest BCUT2D eigenvalue weighted by atomic mass is 79.9. The van der Waals surface area contributed by atoms with Gasteiger partial charge in [0.25, 0.3) is 0 Å². The minimum absolute atomic E-state index is 0.102. The van der Waals surface area contributed by atoms with Crippen LogP contribution in [-0.2, 0) is 0 Å². The van der Waals surface area contributed by atoms with Gasteiger partial charge in [-0.15, -0.1) is 0 Å². The summed E-state index contributed by atoms with van der Waals surface area (Å²) in [6, 6.07) is 13.9. The van der Waals surface area contributed by atoms with Crippen LogP contribution >= 0.6 is 27.3 Å². The Labute approximate surface area is 153 Å². The molecule has 0 N–H and O–H groups in total. The van der Waals surface area contributed by atoms with E-state index >= 15 is 0 Å². The predicted molar refractivity (Wildman–Crippen MR) is 97.2 cm³/mol. The zero-order valence-electron chi connectivity index (χ0n) is 12.5. The van der Waals surface area contributed by atoms with Crippen LogP contribution in [0.5, 0.6) is 5.75 Å². The monoisotopic (exact) mass is 416 g/mol. The summed E-state index contributed by atoms with van der Waals surface area (Å²) in [7, 11) is 0. The predicted octanol–water partition coefficient (Wildman–Crippen LogP) is 5.10. The van der Waals surface area contributed by atoms with Crippen molar-refractivity contribution in [3.8, 4) is 16.9 Å². The molecule has 0 aliphatic rings. The molecule has 0 atom stereocenters. The van der Waals surface area contributed by atoms with E-state index in [4.69, 9.17) is 13.6 Å². The first-order chi connectivity index (χ1) is 12.1. The number of hydrogen-bond donors (Lipinski definition) is 0. The van der Waals surface area contributed by atoms with Crippen molar-refractivity contribution < 1.29 is 18.4 Å². The fourth-order valence-electron chi connectivity index (χ4n) is 2.41. The molecule has 0 bridgehead atoms. The third-order valence-electron chi connectivity index (χ3n) is 3.50. The molecule has 4 aromatic rings. The summed E-state index contributed by atoms with van der Waals surface area (Å²) in [5.74, 6) is -0.198. The average Bonchev–Trinajstić information content (AvgIpc) is 3.23. The fourth-order valence-corrected chi connectivity index (χ4v) is 3.40. The Morgan fingerprint density at radius 1 is 1.12 bits per heavy atom. The van der Waals surface area contributed by atoms with Gasteiger partial charge in [-0.3, -0.25) is 0 Å². The molecule has 7 heteroatoms. The zero-order chi connectivity index (χ0) is 17.4. The Morgan fingerprint density at radius 2 is 1.92 bits per heavy atom. The first kappa shape index (κ1) is 15.9. The van der Waals surface area contributed by atoms with E-state index in [9.17, 15) is 9.59 Å². The smallest absolute Gasteiger partial charge is 0.396 e. The molecular formula is C18H9BrO5S. The summed E-state index contributed by atoms with van der Waals surface area (Å²) in [6.07, 6.45) is 1.40. The molecule has 0 spiro atoms. The van der Waals surface area contributed by atoms with Crippen LogP contribution in [0, 0.1) is 0 Å². The van der Waals surface area contributed by atoms with Crippen LogP contribution in [0.3, 0.4) is 0 Å². The SMILES string of the molecule is O=C(Oc1cc(-c2ccc(Br)cc2)c2oc(=O)sc2c1)c1ccco1. The van der Waals surface area contributed by atoms with E-state index in [-0.39, 0.29) is 5.76 Å². The van der Waals surface area contributed by atoms with Gasteiger partial charge >= 0.3 is 10.9 Å². The van der Waals surface area contributed by atoms with Gasteiger partial charge in [-0.05, 0) is 35.9 Å². The van der Waals surface area contributed by atoms with Crippen molar-refractivity contribution in [2.75, 3.05) is 0 Å². The number of hydrogen-bond acceptors (Lipinski definition) is 6. The molecular weight excluding hydrogens is 408 g/mol. The lowest BCUT2D eigenvalue weighted by atomic mass is 10.0. The maximum Gasteiger partial charge on any atom is 0.396 e. The van der Waals surface area contributed by atoms with Crippen LogP contribution in [0.25, 0.3) is 21.4 Å². The summed E-state index contributed by atoms with van der Waals surface area (Å²) in [5.41, 5.74) is 1.98.